The number of rotatable bonds is 4. The molecule has 20 heavy (non-hydrogen) atoms. The molecule has 2 rings (SSSR count). The summed E-state index contributed by atoms with van der Waals surface area (Å²) in [5, 5.41) is 11.7. The topological polar surface area (TPSA) is 75.4 Å². The molecule has 1 aromatic heterocycles. The van der Waals surface area contributed by atoms with Crippen LogP contribution in [0.3, 0.4) is 0 Å². The number of nitrogens with one attached hydrogen (secondary N) is 1. The van der Waals surface area contributed by atoms with E-state index in [1.165, 1.54) is 12.1 Å². The molecule has 0 aliphatic heterocycles. The Bertz CT molecular complexity index is 650. The maximum Gasteiger partial charge on any atom is 0.336 e. The van der Waals surface area contributed by atoms with Crippen molar-refractivity contribution in [2.24, 2.45) is 0 Å². The van der Waals surface area contributed by atoms with E-state index in [1.54, 1.807) is 6.92 Å². The van der Waals surface area contributed by atoms with E-state index in [0.29, 0.717) is 11.7 Å². The molecule has 0 fully saturated rings. The Morgan fingerprint density at radius 2 is 2.20 bits per heavy atom. The monoisotopic (exact) mass is 342 g/mol. The molecule has 1 aromatic carbocycles. The quantitative estimate of drug-likeness (QED) is 0.889. The van der Waals surface area contributed by atoms with Crippen LogP contribution in [0.2, 0.25) is 0 Å². The van der Waals surface area contributed by atoms with Crippen LogP contribution < -0.4 is 5.32 Å². The van der Waals surface area contributed by atoms with E-state index >= 15 is 0 Å². The Morgan fingerprint density at radius 3 is 2.75 bits per heavy atom. The minimum atomic E-state index is -1.19. The maximum atomic E-state index is 14.0. The summed E-state index contributed by atoms with van der Waals surface area (Å²) in [5.74, 6) is -0.700. The van der Waals surface area contributed by atoms with Gasteiger partial charge in [-0.05, 0) is 41.9 Å². The Hall–Kier alpha value is -1.89. The molecule has 1 heterocycles. The molecular formula is C13H12BrFN2O3. The Balaban J connectivity index is 2.18. The van der Waals surface area contributed by atoms with Crippen LogP contribution in [0.4, 0.5) is 10.1 Å². The summed E-state index contributed by atoms with van der Waals surface area (Å²) >= 11 is 2.94. The number of benzene rings is 1. The summed E-state index contributed by atoms with van der Waals surface area (Å²) in [6, 6.07) is 2.69. The molecule has 0 saturated heterocycles. The predicted molar refractivity (Wildman–Crippen MR) is 74.4 cm³/mol. The molecule has 0 saturated carbocycles. The number of halogens is 2. The van der Waals surface area contributed by atoms with Crippen LogP contribution in [0.5, 0.6) is 0 Å². The number of aryl methyl sites for hydroxylation is 2. The molecule has 0 aliphatic rings. The second-order valence-electron chi connectivity index (χ2n) is 4.20. The number of anilines is 1. The van der Waals surface area contributed by atoms with Gasteiger partial charge < -0.3 is 14.8 Å². The molecular weight excluding hydrogens is 331 g/mol. The van der Waals surface area contributed by atoms with E-state index in [9.17, 15) is 9.18 Å². The zero-order chi connectivity index (χ0) is 14.9. The summed E-state index contributed by atoms with van der Waals surface area (Å²) in [5.41, 5.74) is 0.830. The number of hydrogen-bond acceptors (Lipinski definition) is 4. The molecule has 0 unspecified atom stereocenters. The molecule has 2 aromatic rings. The maximum absolute atomic E-state index is 14.0. The molecule has 0 spiro atoms. The average Bonchev–Trinajstić information content (AvgIpc) is 2.70. The Morgan fingerprint density at radius 1 is 1.50 bits per heavy atom. The third kappa shape index (κ3) is 2.82. The van der Waals surface area contributed by atoms with Gasteiger partial charge in [-0.3, -0.25) is 0 Å². The van der Waals surface area contributed by atoms with E-state index in [4.69, 9.17) is 9.52 Å². The van der Waals surface area contributed by atoms with Crippen molar-refractivity contribution in [3.8, 4) is 0 Å². The highest BCUT2D eigenvalue weighted by Gasteiger charge is 2.16. The van der Waals surface area contributed by atoms with Gasteiger partial charge in [-0.2, -0.15) is 0 Å². The van der Waals surface area contributed by atoms with Crippen molar-refractivity contribution in [3.05, 3.63) is 45.3 Å². The van der Waals surface area contributed by atoms with Gasteiger partial charge in [-0.1, -0.05) is 0 Å². The number of carboxylic acid groups (broad SMARTS) is 1. The van der Waals surface area contributed by atoms with Crippen molar-refractivity contribution in [1.82, 2.24) is 4.98 Å². The minimum absolute atomic E-state index is 0.0882. The van der Waals surface area contributed by atoms with Gasteiger partial charge in [0.1, 0.15) is 5.76 Å². The van der Waals surface area contributed by atoms with Gasteiger partial charge in [0, 0.05) is 0 Å². The van der Waals surface area contributed by atoms with Crippen molar-refractivity contribution < 1.29 is 18.7 Å². The third-order valence-corrected chi connectivity index (χ3v) is 3.59. The molecule has 5 nitrogen and oxygen atoms in total. The van der Waals surface area contributed by atoms with E-state index < -0.39 is 11.8 Å². The highest BCUT2D eigenvalue weighted by atomic mass is 79.9. The van der Waals surface area contributed by atoms with Gasteiger partial charge in [-0.15, -0.1) is 0 Å². The fraction of sp³-hybridized carbons (Fsp3) is 0.231. The summed E-state index contributed by atoms with van der Waals surface area (Å²) in [6.07, 6.45) is 0. The van der Waals surface area contributed by atoms with Gasteiger partial charge in [0.2, 0.25) is 5.89 Å². The van der Waals surface area contributed by atoms with E-state index in [2.05, 4.69) is 26.2 Å². The molecule has 0 atom stereocenters. The van der Waals surface area contributed by atoms with Crippen LogP contribution in [-0.4, -0.2) is 16.1 Å². The van der Waals surface area contributed by atoms with Gasteiger partial charge >= 0.3 is 5.97 Å². The average molecular weight is 343 g/mol. The summed E-state index contributed by atoms with van der Waals surface area (Å²) in [6.45, 7) is 3.83. The van der Waals surface area contributed by atoms with Crippen LogP contribution in [0.15, 0.2) is 21.0 Å². The smallest absolute Gasteiger partial charge is 0.336 e. The summed E-state index contributed by atoms with van der Waals surface area (Å²) in [4.78, 5) is 15.0. The number of oxazole rings is 1. The Kier molecular flexibility index (Phi) is 4.08. The van der Waals surface area contributed by atoms with E-state index in [-0.39, 0.29) is 22.3 Å². The first kappa shape index (κ1) is 14.5. The van der Waals surface area contributed by atoms with Crippen LogP contribution in [-0.2, 0) is 6.54 Å². The van der Waals surface area contributed by atoms with Crippen LogP contribution >= 0.6 is 15.9 Å². The number of nitrogens with zero attached hydrogens (tertiary/aromatic N) is 1. The van der Waals surface area contributed by atoms with Crippen molar-refractivity contribution in [3.63, 3.8) is 0 Å². The van der Waals surface area contributed by atoms with E-state index in [0.717, 1.165) is 5.69 Å². The zero-order valence-electron chi connectivity index (χ0n) is 10.8. The molecule has 0 bridgehead atoms. The van der Waals surface area contributed by atoms with Gasteiger partial charge in [0.05, 0.1) is 28.0 Å². The second-order valence-corrected chi connectivity index (χ2v) is 4.99. The fourth-order valence-corrected chi connectivity index (χ4v) is 2.15. The van der Waals surface area contributed by atoms with E-state index in [1.807, 2.05) is 6.92 Å². The van der Waals surface area contributed by atoms with Crippen LogP contribution in [0.1, 0.15) is 27.7 Å². The standard InChI is InChI=1S/C13H12BrFN2O3/c1-6-7(2)20-10(17-6)5-16-9-4-3-8(13(18)19)11(14)12(9)15/h3-4,16H,5H2,1-2H3,(H,18,19). The fourth-order valence-electron chi connectivity index (χ4n) is 1.64. The first-order valence-electron chi connectivity index (χ1n) is 5.78. The van der Waals surface area contributed by atoms with Gasteiger partial charge in [0.25, 0.3) is 0 Å². The first-order chi connectivity index (χ1) is 9.40. The minimum Gasteiger partial charge on any atom is -0.478 e. The third-order valence-electron chi connectivity index (χ3n) is 2.82. The predicted octanol–water partition coefficient (Wildman–Crippen LogP) is 3.50. The number of aromatic nitrogens is 1. The number of carboxylic acids is 1. The Labute approximate surface area is 123 Å². The number of hydrogen-bond donors (Lipinski definition) is 2. The van der Waals surface area contributed by atoms with Crippen molar-refractivity contribution in [1.29, 1.82) is 0 Å². The lowest BCUT2D eigenvalue weighted by Gasteiger charge is -2.08. The first-order valence-corrected chi connectivity index (χ1v) is 6.57. The second kappa shape index (κ2) is 5.62. The molecule has 106 valence electrons. The van der Waals surface area contributed by atoms with Crippen LogP contribution in [0, 0.1) is 19.7 Å². The zero-order valence-corrected chi connectivity index (χ0v) is 12.4. The molecule has 0 aliphatic carbocycles. The van der Waals surface area contributed by atoms with Gasteiger partial charge in [0.15, 0.2) is 5.82 Å². The number of carbonyl (C=O) groups is 1. The lowest BCUT2D eigenvalue weighted by molar-refractivity contribution is 0.0695. The summed E-state index contributed by atoms with van der Waals surface area (Å²) in [7, 11) is 0. The lowest BCUT2D eigenvalue weighted by Crippen LogP contribution is -2.05. The molecule has 0 radical (unpaired) electrons. The van der Waals surface area contributed by atoms with Crippen molar-refractivity contribution in [2.75, 3.05) is 5.32 Å². The normalized spacial score (nSPS) is 10.6. The number of aromatic carboxylic acids is 1. The lowest BCUT2D eigenvalue weighted by atomic mass is 10.2. The molecule has 7 heteroatoms. The summed E-state index contributed by atoms with van der Waals surface area (Å²) < 4.78 is 19.3. The van der Waals surface area contributed by atoms with Crippen LogP contribution in [0.25, 0.3) is 0 Å². The SMILES string of the molecule is Cc1nc(CNc2ccc(C(=O)O)c(Br)c2F)oc1C. The van der Waals surface area contributed by atoms with Gasteiger partial charge in [-0.25, -0.2) is 14.2 Å². The van der Waals surface area contributed by atoms with Crippen molar-refractivity contribution in [2.45, 2.75) is 20.4 Å². The highest BCUT2D eigenvalue weighted by molar-refractivity contribution is 9.10. The largest absolute Gasteiger partial charge is 0.478 e. The van der Waals surface area contributed by atoms with Crippen molar-refractivity contribution >= 4 is 27.6 Å². The molecule has 0 amide bonds. The molecule has 2 N–H and O–H groups in total. The highest BCUT2D eigenvalue weighted by Crippen LogP contribution is 2.27.